The SMILES string of the molecule is COC(=O)c1ccccc1NC(=O)c1cc(Nc2ccccc2OC)ccn1. The molecule has 0 unspecified atom stereocenters. The third kappa shape index (κ3) is 4.27. The molecule has 0 spiro atoms. The first-order chi connectivity index (χ1) is 13.6. The maximum Gasteiger partial charge on any atom is 0.339 e. The lowest BCUT2D eigenvalue weighted by molar-refractivity contribution is 0.0602. The summed E-state index contributed by atoms with van der Waals surface area (Å²) in [5, 5.41) is 5.90. The minimum Gasteiger partial charge on any atom is -0.495 e. The van der Waals surface area contributed by atoms with Gasteiger partial charge in [-0.05, 0) is 36.4 Å². The number of anilines is 3. The van der Waals surface area contributed by atoms with Crippen LogP contribution >= 0.6 is 0 Å². The number of nitrogens with one attached hydrogen (secondary N) is 2. The van der Waals surface area contributed by atoms with Crippen molar-refractivity contribution >= 4 is 28.9 Å². The number of esters is 1. The number of pyridine rings is 1. The molecule has 1 aromatic heterocycles. The number of hydrogen-bond acceptors (Lipinski definition) is 6. The van der Waals surface area contributed by atoms with Gasteiger partial charge < -0.3 is 20.1 Å². The molecule has 0 fully saturated rings. The molecule has 0 radical (unpaired) electrons. The van der Waals surface area contributed by atoms with E-state index in [-0.39, 0.29) is 11.3 Å². The fraction of sp³-hybridized carbons (Fsp3) is 0.0952. The number of ether oxygens (including phenoxy) is 2. The second kappa shape index (κ2) is 8.68. The van der Waals surface area contributed by atoms with Crippen LogP contribution < -0.4 is 15.4 Å². The van der Waals surface area contributed by atoms with Crippen LogP contribution in [0, 0.1) is 0 Å². The summed E-state index contributed by atoms with van der Waals surface area (Å²) < 4.78 is 10.1. The van der Waals surface area contributed by atoms with Gasteiger partial charge in [0.15, 0.2) is 0 Å². The molecular weight excluding hydrogens is 358 g/mol. The van der Waals surface area contributed by atoms with E-state index in [1.165, 1.54) is 13.3 Å². The molecule has 7 nitrogen and oxygen atoms in total. The molecule has 142 valence electrons. The summed E-state index contributed by atoms with van der Waals surface area (Å²) in [5.74, 6) is -0.298. The van der Waals surface area contributed by atoms with Crippen LogP contribution in [0.2, 0.25) is 0 Å². The normalized spacial score (nSPS) is 10.1. The predicted octanol–water partition coefficient (Wildman–Crippen LogP) is 3.87. The van der Waals surface area contributed by atoms with Crippen LogP contribution in [-0.2, 0) is 4.74 Å². The molecule has 3 aromatic rings. The van der Waals surface area contributed by atoms with E-state index in [2.05, 4.69) is 15.6 Å². The average molecular weight is 377 g/mol. The summed E-state index contributed by atoms with van der Waals surface area (Å²) in [4.78, 5) is 28.6. The van der Waals surface area contributed by atoms with Gasteiger partial charge in [-0.25, -0.2) is 4.79 Å². The van der Waals surface area contributed by atoms with Crippen molar-refractivity contribution in [1.29, 1.82) is 0 Å². The van der Waals surface area contributed by atoms with Gasteiger partial charge in [-0.15, -0.1) is 0 Å². The lowest BCUT2D eigenvalue weighted by atomic mass is 10.1. The lowest BCUT2D eigenvalue weighted by Gasteiger charge is -2.12. The molecule has 3 rings (SSSR count). The molecule has 2 aromatic carbocycles. The summed E-state index contributed by atoms with van der Waals surface area (Å²) in [7, 11) is 2.88. The van der Waals surface area contributed by atoms with E-state index < -0.39 is 11.9 Å². The summed E-state index contributed by atoms with van der Waals surface area (Å²) in [6, 6.07) is 17.4. The molecule has 0 aliphatic rings. The van der Waals surface area contributed by atoms with Gasteiger partial charge in [0, 0.05) is 11.9 Å². The smallest absolute Gasteiger partial charge is 0.339 e. The van der Waals surface area contributed by atoms with Crippen LogP contribution in [0.3, 0.4) is 0 Å². The van der Waals surface area contributed by atoms with Crippen molar-refractivity contribution in [1.82, 2.24) is 4.98 Å². The number of benzene rings is 2. The topological polar surface area (TPSA) is 89.5 Å². The molecule has 0 aliphatic heterocycles. The number of amides is 1. The van der Waals surface area contributed by atoms with E-state index in [1.807, 2.05) is 24.3 Å². The van der Waals surface area contributed by atoms with E-state index in [1.54, 1.807) is 43.5 Å². The van der Waals surface area contributed by atoms with Gasteiger partial charge in [0.25, 0.3) is 5.91 Å². The van der Waals surface area contributed by atoms with Crippen molar-refractivity contribution in [3.05, 3.63) is 78.1 Å². The lowest BCUT2D eigenvalue weighted by Crippen LogP contribution is -2.16. The Morgan fingerprint density at radius 2 is 1.64 bits per heavy atom. The highest BCUT2D eigenvalue weighted by atomic mass is 16.5. The fourth-order valence-corrected chi connectivity index (χ4v) is 2.60. The van der Waals surface area contributed by atoms with Gasteiger partial charge in [-0.3, -0.25) is 9.78 Å². The molecule has 1 heterocycles. The van der Waals surface area contributed by atoms with Crippen LogP contribution in [0.1, 0.15) is 20.8 Å². The number of methoxy groups -OCH3 is 2. The van der Waals surface area contributed by atoms with Gasteiger partial charge in [0.1, 0.15) is 11.4 Å². The zero-order valence-electron chi connectivity index (χ0n) is 15.4. The van der Waals surface area contributed by atoms with Crippen molar-refractivity contribution in [2.24, 2.45) is 0 Å². The van der Waals surface area contributed by atoms with E-state index in [0.29, 0.717) is 17.1 Å². The van der Waals surface area contributed by atoms with Crippen molar-refractivity contribution in [3.8, 4) is 5.75 Å². The molecular formula is C21H19N3O4. The molecule has 0 bridgehead atoms. The second-order valence-electron chi connectivity index (χ2n) is 5.75. The third-order valence-corrected chi connectivity index (χ3v) is 3.96. The minimum absolute atomic E-state index is 0.194. The first-order valence-corrected chi connectivity index (χ1v) is 8.47. The summed E-state index contributed by atoms with van der Waals surface area (Å²) in [6.07, 6.45) is 1.53. The standard InChI is InChI=1S/C21H19N3O4/c1-27-19-10-6-5-9-17(19)23-14-11-12-22-18(13-14)20(25)24-16-8-4-3-7-15(16)21(26)28-2/h3-13H,1-2H3,(H,22,23)(H,24,25). The molecule has 1 amide bonds. The Balaban J connectivity index is 1.81. The molecule has 0 saturated carbocycles. The maximum absolute atomic E-state index is 12.6. The highest BCUT2D eigenvalue weighted by Crippen LogP contribution is 2.27. The van der Waals surface area contributed by atoms with Crippen LogP contribution in [0.15, 0.2) is 66.9 Å². The Morgan fingerprint density at radius 3 is 2.39 bits per heavy atom. The zero-order valence-corrected chi connectivity index (χ0v) is 15.4. The predicted molar refractivity (Wildman–Crippen MR) is 106 cm³/mol. The van der Waals surface area contributed by atoms with E-state index in [0.717, 1.165) is 5.69 Å². The molecule has 0 atom stereocenters. The molecule has 0 saturated heterocycles. The summed E-state index contributed by atoms with van der Waals surface area (Å²) in [6.45, 7) is 0. The van der Waals surface area contributed by atoms with Gasteiger partial charge in [-0.1, -0.05) is 24.3 Å². The van der Waals surface area contributed by atoms with Crippen LogP contribution in [0.25, 0.3) is 0 Å². The van der Waals surface area contributed by atoms with Crippen molar-refractivity contribution in [2.75, 3.05) is 24.9 Å². The van der Waals surface area contributed by atoms with Gasteiger partial charge in [0.05, 0.1) is 31.2 Å². The van der Waals surface area contributed by atoms with E-state index >= 15 is 0 Å². The molecule has 7 heteroatoms. The summed E-state index contributed by atoms with van der Waals surface area (Å²) in [5.41, 5.74) is 2.25. The Kier molecular flexibility index (Phi) is 5.86. The van der Waals surface area contributed by atoms with Crippen molar-refractivity contribution < 1.29 is 19.1 Å². The number of para-hydroxylation sites is 3. The van der Waals surface area contributed by atoms with Crippen molar-refractivity contribution in [3.63, 3.8) is 0 Å². The Hall–Kier alpha value is -3.87. The number of hydrogen-bond donors (Lipinski definition) is 2. The van der Waals surface area contributed by atoms with E-state index in [9.17, 15) is 9.59 Å². The summed E-state index contributed by atoms with van der Waals surface area (Å²) >= 11 is 0. The highest BCUT2D eigenvalue weighted by molar-refractivity contribution is 6.07. The van der Waals surface area contributed by atoms with Crippen molar-refractivity contribution in [2.45, 2.75) is 0 Å². The zero-order chi connectivity index (χ0) is 19.9. The van der Waals surface area contributed by atoms with Crippen LogP contribution in [0.4, 0.5) is 17.1 Å². The van der Waals surface area contributed by atoms with E-state index in [4.69, 9.17) is 9.47 Å². The van der Waals surface area contributed by atoms with Gasteiger partial charge in [-0.2, -0.15) is 0 Å². The Labute approximate surface area is 162 Å². The molecule has 0 aliphatic carbocycles. The Morgan fingerprint density at radius 1 is 0.929 bits per heavy atom. The average Bonchev–Trinajstić information content (AvgIpc) is 2.74. The van der Waals surface area contributed by atoms with Crippen LogP contribution in [-0.4, -0.2) is 31.1 Å². The highest BCUT2D eigenvalue weighted by Gasteiger charge is 2.15. The second-order valence-corrected chi connectivity index (χ2v) is 5.75. The molecule has 2 N–H and O–H groups in total. The number of nitrogens with zero attached hydrogens (tertiary/aromatic N) is 1. The maximum atomic E-state index is 12.6. The van der Waals surface area contributed by atoms with Gasteiger partial charge in [0.2, 0.25) is 0 Å². The Bertz CT molecular complexity index is 1000. The fourth-order valence-electron chi connectivity index (χ4n) is 2.60. The number of carbonyl (C=O) groups is 2. The minimum atomic E-state index is -0.532. The first kappa shape index (κ1) is 18.9. The first-order valence-electron chi connectivity index (χ1n) is 8.47. The quantitative estimate of drug-likeness (QED) is 0.634. The third-order valence-electron chi connectivity index (χ3n) is 3.96. The number of rotatable bonds is 6. The van der Waals surface area contributed by atoms with Gasteiger partial charge >= 0.3 is 5.97 Å². The number of aromatic nitrogens is 1. The molecule has 28 heavy (non-hydrogen) atoms. The largest absolute Gasteiger partial charge is 0.495 e. The monoisotopic (exact) mass is 377 g/mol. The number of carbonyl (C=O) groups excluding carboxylic acids is 2. The van der Waals surface area contributed by atoms with Crippen LogP contribution in [0.5, 0.6) is 5.75 Å².